The lowest BCUT2D eigenvalue weighted by Crippen LogP contribution is -2.16. The summed E-state index contributed by atoms with van der Waals surface area (Å²) in [7, 11) is 0. The van der Waals surface area contributed by atoms with Crippen LogP contribution >= 0.6 is 23.2 Å². The highest BCUT2D eigenvalue weighted by Gasteiger charge is 2.38. The van der Waals surface area contributed by atoms with Crippen LogP contribution in [0.1, 0.15) is 23.4 Å². The van der Waals surface area contributed by atoms with E-state index >= 15 is 0 Å². The summed E-state index contributed by atoms with van der Waals surface area (Å²) in [5, 5.41) is 9.84. The molecular formula is C18H15Cl2F4N5O. The van der Waals surface area contributed by atoms with E-state index < -0.39 is 28.6 Å². The van der Waals surface area contributed by atoms with Crippen LogP contribution in [0.2, 0.25) is 10.0 Å². The number of aryl methyl sites for hydroxylation is 1. The van der Waals surface area contributed by atoms with Crippen molar-refractivity contribution in [2.45, 2.75) is 32.6 Å². The minimum atomic E-state index is -4.68. The second-order valence-corrected chi connectivity index (χ2v) is 7.15. The Hall–Kier alpha value is -2.59. The van der Waals surface area contributed by atoms with Crippen LogP contribution in [-0.2, 0) is 24.1 Å². The van der Waals surface area contributed by atoms with E-state index in [-0.39, 0.29) is 41.6 Å². The number of amides is 1. The molecule has 0 spiro atoms. The van der Waals surface area contributed by atoms with E-state index in [0.717, 1.165) is 4.68 Å². The first-order valence-electron chi connectivity index (χ1n) is 8.62. The van der Waals surface area contributed by atoms with Gasteiger partial charge < -0.3 is 5.32 Å². The van der Waals surface area contributed by atoms with Gasteiger partial charge in [0.15, 0.2) is 11.5 Å². The molecule has 0 aliphatic carbocycles. The maximum atomic E-state index is 13.9. The van der Waals surface area contributed by atoms with Crippen LogP contribution in [0.15, 0.2) is 30.5 Å². The van der Waals surface area contributed by atoms with Crippen molar-refractivity contribution in [1.29, 1.82) is 0 Å². The molecule has 1 N–H and O–H groups in total. The largest absolute Gasteiger partial charge is 0.436 e. The van der Waals surface area contributed by atoms with Gasteiger partial charge in [-0.3, -0.25) is 14.2 Å². The van der Waals surface area contributed by atoms with Crippen molar-refractivity contribution in [3.8, 4) is 0 Å². The normalized spacial score (nSPS) is 11.7. The molecule has 2 heterocycles. The fourth-order valence-electron chi connectivity index (χ4n) is 2.70. The van der Waals surface area contributed by atoms with Gasteiger partial charge in [0.25, 0.3) is 0 Å². The zero-order valence-corrected chi connectivity index (χ0v) is 17.0. The predicted molar refractivity (Wildman–Crippen MR) is 103 cm³/mol. The molecule has 2 aromatic heterocycles. The van der Waals surface area contributed by atoms with Crippen LogP contribution in [-0.4, -0.2) is 25.5 Å². The summed E-state index contributed by atoms with van der Waals surface area (Å²) in [6.07, 6.45) is -3.29. The summed E-state index contributed by atoms with van der Waals surface area (Å²) in [5.74, 6) is -0.752. The monoisotopic (exact) mass is 463 g/mol. The van der Waals surface area contributed by atoms with Gasteiger partial charge >= 0.3 is 6.18 Å². The highest BCUT2D eigenvalue weighted by Crippen LogP contribution is 2.35. The molecule has 0 radical (unpaired) electrons. The van der Waals surface area contributed by atoms with E-state index in [0.29, 0.717) is 0 Å². The van der Waals surface area contributed by atoms with Crippen LogP contribution in [0.5, 0.6) is 0 Å². The second kappa shape index (κ2) is 8.65. The first-order chi connectivity index (χ1) is 14.1. The van der Waals surface area contributed by atoms with E-state index in [1.807, 2.05) is 0 Å². The topological polar surface area (TPSA) is 64.7 Å². The van der Waals surface area contributed by atoms with Gasteiger partial charge in [0.05, 0.1) is 23.8 Å². The lowest BCUT2D eigenvalue weighted by molar-refractivity contribution is -0.141. The number of alkyl halides is 3. The Balaban J connectivity index is 1.60. The van der Waals surface area contributed by atoms with Gasteiger partial charge in [-0.15, -0.1) is 0 Å². The van der Waals surface area contributed by atoms with Gasteiger partial charge in [0, 0.05) is 29.3 Å². The summed E-state index contributed by atoms with van der Waals surface area (Å²) >= 11 is 11.7. The Bertz CT molecular complexity index is 1060. The van der Waals surface area contributed by atoms with Crippen LogP contribution in [0.25, 0.3) is 0 Å². The number of nitrogens with one attached hydrogen (secondary N) is 1. The van der Waals surface area contributed by atoms with Gasteiger partial charge in [0.2, 0.25) is 5.91 Å². The Morgan fingerprint density at radius 3 is 2.57 bits per heavy atom. The molecule has 30 heavy (non-hydrogen) atoms. The highest BCUT2D eigenvalue weighted by molar-refractivity contribution is 6.32. The van der Waals surface area contributed by atoms with Gasteiger partial charge in [-0.2, -0.15) is 23.4 Å². The van der Waals surface area contributed by atoms with Crippen LogP contribution in [0.4, 0.5) is 23.4 Å². The molecule has 1 aromatic carbocycles. The van der Waals surface area contributed by atoms with E-state index in [2.05, 4.69) is 15.5 Å². The van der Waals surface area contributed by atoms with Gasteiger partial charge in [-0.25, -0.2) is 4.39 Å². The average Bonchev–Trinajstić information content (AvgIpc) is 3.21. The third-order valence-corrected chi connectivity index (χ3v) is 5.05. The van der Waals surface area contributed by atoms with E-state index in [4.69, 9.17) is 23.2 Å². The molecule has 160 valence electrons. The number of carbonyl (C=O) groups is 1. The molecule has 0 fully saturated rings. The number of hydrogen-bond donors (Lipinski definition) is 1. The fraction of sp³-hybridized carbons (Fsp3) is 0.278. The smallest absolute Gasteiger partial charge is 0.309 e. The lowest BCUT2D eigenvalue weighted by Gasteiger charge is -2.06. The van der Waals surface area contributed by atoms with E-state index in [1.54, 1.807) is 6.07 Å². The van der Waals surface area contributed by atoms with Crippen LogP contribution in [0, 0.1) is 12.7 Å². The molecule has 0 atom stereocenters. The Kier molecular flexibility index (Phi) is 6.37. The van der Waals surface area contributed by atoms with Crippen molar-refractivity contribution in [1.82, 2.24) is 19.6 Å². The van der Waals surface area contributed by atoms with Crippen molar-refractivity contribution >= 4 is 34.9 Å². The van der Waals surface area contributed by atoms with Crippen molar-refractivity contribution in [3.63, 3.8) is 0 Å². The number of benzene rings is 1. The first-order valence-corrected chi connectivity index (χ1v) is 9.38. The Morgan fingerprint density at radius 2 is 1.93 bits per heavy atom. The Morgan fingerprint density at radius 1 is 1.20 bits per heavy atom. The maximum absolute atomic E-state index is 13.9. The second-order valence-electron chi connectivity index (χ2n) is 6.37. The van der Waals surface area contributed by atoms with Crippen molar-refractivity contribution < 1.29 is 22.4 Å². The Labute approximate surface area is 178 Å². The van der Waals surface area contributed by atoms with Crippen LogP contribution in [0.3, 0.4) is 0 Å². The van der Waals surface area contributed by atoms with Gasteiger partial charge in [-0.05, 0) is 19.1 Å². The summed E-state index contributed by atoms with van der Waals surface area (Å²) < 4.78 is 54.9. The number of anilines is 1. The molecule has 1 amide bonds. The van der Waals surface area contributed by atoms with Crippen molar-refractivity contribution in [3.05, 3.63) is 63.3 Å². The van der Waals surface area contributed by atoms with Gasteiger partial charge in [0.1, 0.15) is 5.82 Å². The zero-order valence-electron chi connectivity index (χ0n) is 15.5. The number of rotatable bonds is 6. The minimum absolute atomic E-state index is 0.0621. The van der Waals surface area contributed by atoms with E-state index in [9.17, 15) is 22.4 Å². The van der Waals surface area contributed by atoms with Crippen LogP contribution < -0.4 is 5.32 Å². The molecule has 6 nitrogen and oxygen atoms in total. The number of carbonyl (C=O) groups excluding carboxylic acids is 1. The summed E-state index contributed by atoms with van der Waals surface area (Å²) in [4.78, 5) is 12.1. The summed E-state index contributed by atoms with van der Waals surface area (Å²) in [6.45, 7) is 1.35. The number of nitrogens with zero attached hydrogens (tertiary/aromatic N) is 4. The fourth-order valence-corrected chi connectivity index (χ4v) is 3.16. The third kappa shape index (κ3) is 4.93. The molecular weight excluding hydrogens is 449 g/mol. The highest BCUT2D eigenvalue weighted by atomic mass is 35.5. The minimum Gasteiger partial charge on any atom is -0.309 e. The maximum Gasteiger partial charge on any atom is 0.436 e. The van der Waals surface area contributed by atoms with Crippen molar-refractivity contribution in [2.75, 3.05) is 5.32 Å². The molecule has 0 aliphatic heterocycles. The molecule has 12 heteroatoms. The standard InChI is InChI=1S/C18H15Cl2F4N5O/c1-10-16(20)17(18(22,23)24)27-29(10)8-6-15(30)25-14-5-7-28(26-14)9-11-12(19)3-2-4-13(11)21/h2-5,7H,6,8-9H2,1H3,(H,25,26,30). The molecule has 3 rings (SSSR count). The molecule has 0 bridgehead atoms. The quantitative estimate of drug-likeness (QED) is 0.527. The number of hydrogen-bond acceptors (Lipinski definition) is 3. The molecule has 3 aromatic rings. The zero-order chi connectivity index (χ0) is 22.1. The average molecular weight is 464 g/mol. The summed E-state index contributed by atoms with van der Waals surface area (Å²) in [6, 6.07) is 5.83. The first kappa shape index (κ1) is 22.1. The predicted octanol–water partition coefficient (Wildman–Crippen LogP) is 4.93. The van der Waals surface area contributed by atoms with Gasteiger partial charge in [-0.1, -0.05) is 29.3 Å². The molecule has 0 aliphatic rings. The lowest BCUT2D eigenvalue weighted by atomic mass is 10.2. The SMILES string of the molecule is Cc1c(Cl)c(C(F)(F)F)nn1CCC(=O)Nc1ccn(Cc2c(F)cccc2Cl)n1. The van der Waals surface area contributed by atoms with Crippen molar-refractivity contribution in [2.24, 2.45) is 0 Å². The number of aromatic nitrogens is 4. The third-order valence-electron chi connectivity index (χ3n) is 4.24. The number of halogens is 6. The summed E-state index contributed by atoms with van der Waals surface area (Å²) in [5.41, 5.74) is -0.817. The molecule has 0 saturated carbocycles. The molecule has 0 unspecified atom stereocenters. The van der Waals surface area contributed by atoms with E-state index in [1.165, 1.54) is 36.0 Å². The molecule has 0 saturated heterocycles.